The Kier molecular flexibility index (Phi) is 6.41. The Hall–Kier alpha value is -1.66. The van der Waals surface area contributed by atoms with Gasteiger partial charge in [0.25, 0.3) is 5.91 Å². The third-order valence-corrected chi connectivity index (χ3v) is 3.71. The number of amides is 1. The summed E-state index contributed by atoms with van der Waals surface area (Å²) in [5.41, 5.74) is 0.294. The van der Waals surface area contributed by atoms with E-state index in [1.54, 1.807) is 6.07 Å². The number of hydrogen-bond donors (Lipinski definition) is 2. The van der Waals surface area contributed by atoms with Crippen LogP contribution in [0.4, 0.5) is 0 Å². The lowest BCUT2D eigenvalue weighted by Crippen LogP contribution is -2.24. The number of unbranched alkanes of at least 4 members (excludes halogenated alkanes) is 3. The molecule has 0 aliphatic heterocycles. The monoisotopic (exact) mass is 296 g/mol. The highest BCUT2D eigenvalue weighted by molar-refractivity contribution is 7.89. The highest BCUT2D eigenvalue weighted by Gasteiger charge is 2.11. The summed E-state index contributed by atoms with van der Waals surface area (Å²) in [6, 6.07) is 5.70. The molecular weight excluding hydrogens is 276 g/mol. The van der Waals surface area contributed by atoms with Crippen LogP contribution in [-0.2, 0) is 10.0 Å². The molecule has 0 aliphatic rings. The first-order valence-electron chi connectivity index (χ1n) is 6.47. The lowest BCUT2D eigenvalue weighted by Gasteiger charge is -2.06. The standard InChI is InChI=1S/C14H20N2O3S/c1-2-3-4-5-6-10-16-14(17)12-8-7-9-13(11-12)20(15,18)19/h2,7-9,11H,1,3-6,10H2,(H,16,17)(H2,15,18,19). The van der Waals surface area contributed by atoms with E-state index < -0.39 is 10.0 Å². The highest BCUT2D eigenvalue weighted by Crippen LogP contribution is 2.09. The molecule has 0 fully saturated rings. The van der Waals surface area contributed by atoms with Crippen LogP contribution in [0.5, 0.6) is 0 Å². The predicted molar refractivity (Wildman–Crippen MR) is 78.8 cm³/mol. The highest BCUT2D eigenvalue weighted by atomic mass is 32.2. The van der Waals surface area contributed by atoms with Crippen LogP contribution in [0.1, 0.15) is 36.0 Å². The molecule has 1 aromatic rings. The normalized spacial score (nSPS) is 11.1. The minimum Gasteiger partial charge on any atom is -0.352 e. The van der Waals surface area contributed by atoms with Crippen molar-refractivity contribution in [3.63, 3.8) is 0 Å². The minimum absolute atomic E-state index is 0.0591. The van der Waals surface area contributed by atoms with E-state index in [1.807, 2.05) is 6.08 Å². The van der Waals surface area contributed by atoms with E-state index in [-0.39, 0.29) is 10.8 Å². The zero-order valence-electron chi connectivity index (χ0n) is 11.3. The third kappa shape index (κ3) is 5.54. The summed E-state index contributed by atoms with van der Waals surface area (Å²) in [6.45, 7) is 4.21. The number of nitrogens with one attached hydrogen (secondary N) is 1. The van der Waals surface area contributed by atoms with Crippen molar-refractivity contribution in [1.82, 2.24) is 5.32 Å². The summed E-state index contributed by atoms with van der Waals surface area (Å²) >= 11 is 0. The van der Waals surface area contributed by atoms with E-state index in [0.29, 0.717) is 12.1 Å². The molecule has 0 unspecified atom stereocenters. The van der Waals surface area contributed by atoms with Crippen LogP contribution in [0.2, 0.25) is 0 Å². The van der Waals surface area contributed by atoms with Crippen LogP contribution < -0.4 is 10.5 Å². The molecule has 0 heterocycles. The van der Waals surface area contributed by atoms with Crippen LogP contribution in [0, 0.1) is 0 Å². The van der Waals surface area contributed by atoms with E-state index in [2.05, 4.69) is 11.9 Å². The molecule has 3 N–H and O–H groups in total. The average molecular weight is 296 g/mol. The van der Waals surface area contributed by atoms with Gasteiger partial charge in [0.15, 0.2) is 0 Å². The van der Waals surface area contributed by atoms with Crippen LogP contribution in [0.25, 0.3) is 0 Å². The molecule has 20 heavy (non-hydrogen) atoms. The van der Waals surface area contributed by atoms with E-state index in [0.717, 1.165) is 25.7 Å². The van der Waals surface area contributed by atoms with E-state index >= 15 is 0 Å². The van der Waals surface area contributed by atoms with Crippen molar-refractivity contribution >= 4 is 15.9 Å². The molecular formula is C14H20N2O3S. The van der Waals surface area contributed by atoms with Gasteiger partial charge in [-0.15, -0.1) is 6.58 Å². The second kappa shape index (κ2) is 7.81. The molecule has 1 rings (SSSR count). The fourth-order valence-electron chi connectivity index (χ4n) is 1.71. The Morgan fingerprint density at radius 3 is 2.70 bits per heavy atom. The Morgan fingerprint density at radius 2 is 2.05 bits per heavy atom. The van der Waals surface area contributed by atoms with Gasteiger partial charge >= 0.3 is 0 Å². The Balaban J connectivity index is 2.50. The number of benzene rings is 1. The predicted octanol–water partition coefficient (Wildman–Crippen LogP) is 1.81. The molecule has 0 bridgehead atoms. The van der Waals surface area contributed by atoms with Crippen molar-refractivity contribution in [3.05, 3.63) is 42.5 Å². The van der Waals surface area contributed by atoms with Crippen LogP contribution in [0.15, 0.2) is 41.8 Å². The smallest absolute Gasteiger partial charge is 0.251 e. The van der Waals surface area contributed by atoms with Crippen LogP contribution >= 0.6 is 0 Å². The number of sulfonamides is 1. The third-order valence-electron chi connectivity index (χ3n) is 2.80. The molecule has 0 saturated heterocycles. The zero-order chi connectivity index (χ0) is 15.0. The van der Waals surface area contributed by atoms with Crippen molar-refractivity contribution in [2.75, 3.05) is 6.54 Å². The van der Waals surface area contributed by atoms with Gasteiger partial charge in [0, 0.05) is 12.1 Å². The van der Waals surface area contributed by atoms with Gasteiger partial charge < -0.3 is 5.32 Å². The summed E-state index contributed by atoms with van der Waals surface area (Å²) in [5, 5.41) is 7.78. The second-order valence-corrected chi connectivity index (χ2v) is 6.03. The first-order chi connectivity index (χ1) is 9.45. The van der Waals surface area contributed by atoms with E-state index in [4.69, 9.17) is 5.14 Å². The minimum atomic E-state index is -3.78. The molecule has 0 aromatic heterocycles. The van der Waals surface area contributed by atoms with E-state index in [1.165, 1.54) is 18.2 Å². The molecule has 0 radical (unpaired) electrons. The summed E-state index contributed by atoms with van der Waals surface area (Å²) < 4.78 is 22.4. The number of nitrogens with two attached hydrogens (primary N) is 1. The molecule has 0 spiro atoms. The van der Waals surface area contributed by atoms with Crippen molar-refractivity contribution in [3.8, 4) is 0 Å². The molecule has 0 atom stereocenters. The van der Waals surface area contributed by atoms with Gasteiger partial charge in [-0.3, -0.25) is 4.79 Å². The van der Waals surface area contributed by atoms with Crippen LogP contribution in [0.3, 0.4) is 0 Å². The fraction of sp³-hybridized carbons (Fsp3) is 0.357. The molecule has 0 aliphatic carbocycles. The second-order valence-electron chi connectivity index (χ2n) is 4.47. The van der Waals surface area contributed by atoms with Gasteiger partial charge in [0.05, 0.1) is 4.90 Å². The maximum absolute atomic E-state index is 11.8. The Labute approximate surface area is 119 Å². The maximum Gasteiger partial charge on any atom is 0.251 e. The zero-order valence-corrected chi connectivity index (χ0v) is 12.2. The molecule has 6 heteroatoms. The Bertz CT molecular complexity index is 568. The number of hydrogen-bond acceptors (Lipinski definition) is 3. The quantitative estimate of drug-likeness (QED) is 0.566. The van der Waals surface area contributed by atoms with Crippen molar-refractivity contribution in [1.29, 1.82) is 0 Å². The van der Waals surface area contributed by atoms with Crippen molar-refractivity contribution in [2.24, 2.45) is 5.14 Å². The molecule has 1 aromatic carbocycles. The summed E-state index contributed by atoms with van der Waals surface area (Å²) in [4.78, 5) is 11.8. The number of allylic oxidation sites excluding steroid dienone is 1. The lowest BCUT2D eigenvalue weighted by molar-refractivity contribution is 0.0952. The summed E-state index contributed by atoms with van der Waals surface area (Å²) in [7, 11) is -3.78. The molecule has 0 saturated carbocycles. The lowest BCUT2D eigenvalue weighted by atomic mass is 10.2. The summed E-state index contributed by atoms with van der Waals surface area (Å²) in [6.07, 6.45) is 5.81. The van der Waals surface area contributed by atoms with Gasteiger partial charge in [-0.05, 0) is 37.5 Å². The first-order valence-corrected chi connectivity index (χ1v) is 8.02. The number of carbonyl (C=O) groups excluding carboxylic acids is 1. The number of primary sulfonamides is 1. The maximum atomic E-state index is 11.8. The van der Waals surface area contributed by atoms with Crippen molar-refractivity contribution in [2.45, 2.75) is 30.6 Å². The van der Waals surface area contributed by atoms with Gasteiger partial charge in [0.2, 0.25) is 10.0 Å². The van der Waals surface area contributed by atoms with Gasteiger partial charge in [-0.25, -0.2) is 13.6 Å². The molecule has 5 nitrogen and oxygen atoms in total. The topological polar surface area (TPSA) is 89.3 Å². The Morgan fingerprint density at radius 1 is 1.30 bits per heavy atom. The SMILES string of the molecule is C=CCCCCCNC(=O)c1cccc(S(N)(=O)=O)c1. The first kappa shape index (κ1) is 16.4. The molecule has 1 amide bonds. The van der Waals surface area contributed by atoms with Gasteiger partial charge in [-0.1, -0.05) is 18.6 Å². The van der Waals surface area contributed by atoms with Gasteiger partial charge in [0.1, 0.15) is 0 Å². The molecule has 110 valence electrons. The average Bonchev–Trinajstić information content (AvgIpc) is 2.41. The summed E-state index contributed by atoms with van der Waals surface area (Å²) in [5.74, 6) is -0.292. The van der Waals surface area contributed by atoms with Gasteiger partial charge in [-0.2, -0.15) is 0 Å². The van der Waals surface area contributed by atoms with Crippen LogP contribution in [-0.4, -0.2) is 20.9 Å². The largest absolute Gasteiger partial charge is 0.352 e. The van der Waals surface area contributed by atoms with E-state index in [9.17, 15) is 13.2 Å². The number of carbonyl (C=O) groups is 1. The fourth-order valence-corrected chi connectivity index (χ4v) is 2.27. The number of rotatable bonds is 8. The van der Waals surface area contributed by atoms with Crippen molar-refractivity contribution < 1.29 is 13.2 Å².